The second-order valence-corrected chi connectivity index (χ2v) is 5.20. The number of nitrogen functional groups attached to an aromatic ring is 1. The van der Waals surface area contributed by atoms with Gasteiger partial charge in [-0.3, -0.25) is 4.79 Å². The summed E-state index contributed by atoms with van der Waals surface area (Å²) < 4.78 is 0. The molecule has 2 aromatic rings. The van der Waals surface area contributed by atoms with Gasteiger partial charge in [0.05, 0.1) is 0 Å². The Balaban J connectivity index is 1.77. The Kier molecular flexibility index (Phi) is 3.60. The van der Waals surface area contributed by atoms with E-state index in [-0.39, 0.29) is 12.1 Å². The number of carbonyl (C=O) groups excluding carboxylic acids is 1. The van der Waals surface area contributed by atoms with Crippen molar-refractivity contribution in [1.29, 1.82) is 0 Å². The van der Waals surface area contributed by atoms with E-state index in [9.17, 15) is 4.79 Å². The molecular formula is C16H18N4O. The van der Waals surface area contributed by atoms with Gasteiger partial charge in [0.1, 0.15) is 12.2 Å². The Morgan fingerprint density at radius 1 is 1.00 bits per heavy atom. The smallest absolute Gasteiger partial charge is 0.244 e. The van der Waals surface area contributed by atoms with Crippen molar-refractivity contribution in [2.45, 2.75) is 19.1 Å². The predicted molar refractivity (Wildman–Crippen MR) is 81.9 cm³/mol. The standard InChI is InChI=1S/C16H18N4O/c1-10-6-8-11(9-7-10)14-16(21)18-15(20-19-14)12-4-2-3-5-13(12)17/h2-9,14-15,19-20H,17H2,1H3,(H,18,21). The van der Waals surface area contributed by atoms with Crippen molar-refractivity contribution in [2.75, 3.05) is 5.73 Å². The van der Waals surface area contributed by atoms with Gasteiger partial charge in [0.2, 0.25) is 5.91 Å². The molecule has 1 aliphatic rings. The Labute approximate surface area is 123 Å². The maximum atomic E-state index is 12.3. The molecule has 1 saturated heterocycles. The summed E-state index contributed by atoms with van der Waals surface area (Å²) in [5, 5.41) is 2.94. The predicted octanol–water partition coefficient (Wildman–Crippen LogP) is 1.54. The van der Waals surface area contributed by atoms with Gasteiger partial charge in [-0.05, 0) is 18.6 Å². The Morgan fingerprint density at radius 2 is 1.71 bits per heavy atom. The van der Waals surface area contributed by atoms with Crippen LogP contribution < -0.4 is 21.9 Å². The van der Waals surface area contributed by atoms with E-state index in [0.717, 1.165) is 16.7 Å². The zero-order chi connectivity index (χ0) is 14.8. The SMILES string of the molecule is Cc1ccc(C2NNC(c3ccccc3N)NC2=O)cc1. The molecule has 108 valence electrons. The largest absolute Gasteiger partial charge is 0.398 e. The number of nitrogens with two attached hydrogens (primary N) is 1. The molecule has 3 rings (SSSR count). The second kappa shape index (κ2) is 5.55. The molecule has 0 bridgehead atoms. The zero-order valence-corrected chi connectivity index (χ0v) is 11.8. The number of hydrogen-bond acceptors (Lipinski definition) is 4. The van der Waals surface area contributed by atoms with Crippen LogP contribution >= 0.6 is 0 Å². The van der Waals surface area contributed by atoms with Gasteiger partial charge in [-0.15, -0.1) is 0 Å². The third kappa shape index (κ3) is 2.74. The van der Waals surface area contributed by atoms with E-state index >= 15 is 0 Å². The minimum absolute atomic E-state index is 0.0779. The van der Waals surface area contributed by atoms with Crippen LogP contribution in [0.15, 0.2) is 48.5 Å². The van der Waals surface area contributed by atoms with Crippen LogP contribution in [0, 0.1) is 6.92 Å². The molecule has 0 radical (unpaired) electrons. The molecule has 0 aliphatic carbocycles. The lowest BCUT2D eigenvalue weighted by molar-refractivity contribution is -0.127. The summed E-state index contributed by atoms with van der Waals surface area (Å²) in [5.41, 5.74) is 15.7. The van der Waals surface area contributed by atoms with Crippen LogP contribution in [0.5, 0.6) is 0 Å². The average Bonchev–Trinajstić information content (AvgIpc) is 2.49. The van der Waals surface area contributed by atoms with E-state index in [1.54, 1.807) is 0 Å². The Morgan fingerprint density at radius 3 is 2.38 bits per heavy atom. The van der Waals surface area contributed by atoms with Gasteiger partial charge in [0, 0.05) is 11.3 Å². The maximum Gasteiger partial charge on any atom is 0.244 e. The number of aryl methyl sites for hydroxylation is 1. The van der Waals surface area contributed by atoms with Gasteiger partial charge in [-0.2, -0.15) is 0 Å². The van der Waals surface area contributed by atoms with Crippen molar-refractivity contribution in [2.24, 2.45) is 0 Å². The average molecular weight is 282 g/mol. The quantitative estimate of drug-likeness (QED) is 0.630. The molecular weight excluding hydrogens is 264 g/mol. The van der Waals surface area contributed by atoms with Crippen LogP contribution in [0.25, 0.3) is 0 Å². The van der Waals surface area contributed by atoms with Gasteiger partial charge in [0.15, 0.2) is 0 Å². The Hall–Kier alpha value is -2.37. The van der Waals surface area contributed by atoms with Gasteiger partial charge in [0.25, 0.3) is 0 Å². The molecule has 0 saturated carbocycles. The highest BCUT2D eigenvalue weighted by Gasteiger charge is 2.29. The summed E-state index contributed by atoms with van der Waals surface area (Å²) in [5.74, 6) is -0.0779. The number of rotatable bonds is 2. The number of carbonyl (C=O) groups is 1. The van der Waals surface area contributed by atoms with Crippen LogP contribution in [0.4, 0.5) is 5.69 Å². The molecule has 21 heavy (non-hydrogen) atoms. The molecule has 1 heterocycles. The van der Waals surface area contributed by atoms with E-state index in [1.165, 1.54) is 0 Å². The lowest BCUT2D eigenvalue weighted by Crippen LogP contribution is -2.56. The monoisotopic (exact) mass is 282 g/mol. The van der Waals surface area contributed by atoms with E-state index in [4.69, 9.17) is 5.73 Å². The van der Waals surface area contributed by atoms with Crippen molar-refractivity contribution >= 4 is 11.6 Å². The molecule has 5 heteroatoms. The number of para-hydroxylation sites is 1. The summed E-state index contributed by atoms with van der Waals surface area (Å²) in [6.07, 6.45) is -0.333. The molecule has 0 spiro atoms. The first-order chi connectivity index (χ1) is 10.1. The molecule has 1 fully saturated rings. The zero-order valence-electron chi connectivity index (χ0n) is 11.8. The van der Waals surface area contributed by atoms with Crippen LogP contribution in [-0.4, -0.2) is 5.91 Å². The highest BCUT2D eigenvalue weighted by molar-refractivity contribution is 5.84. The fraction of sp³-hybridized carbons (Fsp3) is 0.188. The fourth-order valence-corrected chi connectivity index (χ4v) is 2.42. The van der Waals surface area contributed by atoms with Crippen LogP contribution in [-0.2, 0) is 4.79 Å². The minimum Gasteiger partial charge on any atom is -0.398 e. The maximum absolute atomic E-state index is 12.3. The molecule has 2 atom stereocenters. The van der Waals surface area contributed by atoms with E-state index in [0.29, 0.717) is 5.69 Å². The van der Waals surface area contributed by atoms with Gasteiger partial charge in [-0.25, -0.2) is 10.9 Å². The van der Waals surface area contributed by atoms with Crippen LogP contribution in [0.2, 0.25) is 0 Å². The van der Waals surface area contributed by atoms with Gasteiger partial charge < -0.3 is 11.1 Å². The topological polar surface area (TPSA) is 79.2 Å². The highest BCUT2D eigenvalue weighted by Crippen LogP contribution is 2.23. The number of benzene rings is 2. The normalized spacial score (nSPS) is 21.9. The van der Waals surface area contributed by atoms with Crippen molar-refractivity contribution in [3.05, 3.63) is 65.2 Å². The molecule has 5 nitrogen and oxygen atoms in total. The number of hydrogen-bond donors (Lipinski definition) is 4. The molecule has 1 aliphatic heterocycles. The van der Waals surface area contributed by atoms with Gasteiger partial charge in [-0.1, -0.05) is 48.0 Å². The lowest BCUT2D eigenvalue weighted by atomic mass is 10.0. The third-order valence-corrected chi connectivity index (χ3v) is 3.64. The summed E-state index contributed by atoms with van der Waals surface area (Å²) >= 11 is 0. The second-order valence-electron chi connectivity index (χ2n) is 5.20. The number of nitrogens with one attached hydrogen (secondary N) is 3. The first-order valence-electron chi connectivity index (χ1n) is 6.87. The van der Waals surface area contributed by atoms with E-state index < -0.39 is 6.04 Å². The molecule has 1 amide bonds. The van der Waals surface area contributed by atoms with Crippen LogP contribution in [0.3, 0.4) is 0 Å². The summed E-state index contributed by atoms with van der Waals surface area (Å²) in [4.78, 5) is 12.3. The first-order valence-corrected chi connectivity index (χ1v) is 6.87. The van der Waals surface area contributed by atoms with Gasteiger partial charge >= 0.3 is 0 Å². The van der Waals surface area contributed by atoms with E-state index in [1.807, 2.05) is 55.5 Å². The fourth-order valence-electron chi connectivity index (χ4n) is 2.42. The van der Waals surface area contributed by atoms with Crippen molar-refractivity contribution in [3.8, 4) is 0 Å². The van der Waals surface area contributed by atoms with Crippen LogP contribution in [0.1, 0.15) is 28.9 Å². The van der Waals surface area contributed by atoms with Crippen molar-refractivity contribution < 1.29 is 4.79 Å². The summed E-state index contributed by atoms with van der Waals surface area (Å²) in [7, 11) is 0. The van der Waals surface area contributed by atoms with E-state index in [2.05, 4.69) is 16.2 Å². The molecule has 2 aromatic carbocycles. The minimum atomic E-state index is -0.410. The number of anilines is 1. The third-order valence-electron chi connectivity index (χ3n) is 3.64. The molecule has 5 N–H and O–H groups in total. The van der Waals surface area contributed by atoms with Crippen molar-refractivity contribution in [1.82, 2.24) is 16.2 Å². The summed E-state index contributed by atoms with van der Waals surface area (Å²) in [6.45, 7) is 2.02. The Bertz CT molecular complexity index is 654. The summed E-state index contributed by atoms with van der Waals surface area (Å²) in [6, 6.07) is 14.9. The molecule has 0 aromatic heterocycles. The number of hydrazine groups is 1. The lowest BCUT2D eigenvalue weighted by Gasteiger charge is -2.32. The highest BCUT2D eigenvalue weighted by atomic mass is 16.2. The van der Waals surface area contributed by atoms with Crippen molar-refractivity contribution in [3.63, 3.8) is 0 Å². The first kappa shape index (κ1) is 13.6. The number of amides is 1. The molecule has 2 unspecified atom stereocenters.